The predicted octanol–water partition coefficient (Wildman–Crippen LogP) is 4.82. The minimum absolute atomic E-state index is 0.0640. The molecule has 0 saturated heterocycles. The first-order chi connectivity index (χ1) is 15.9. The van der Waals surface area contributed by atoms with E-state index in [0.29, 0.717) is 24.7 Å². The van der Waals surface area contributed by atoms with Crippen LogP contribution in [-0.2, 0) is 17.9 Å². The van der Waals surface area contributed by atoms with Crippen LogP contribution in [0.1, 0.15) is 55.6 Å². The number of hydrogen-bond donors (Lipinski definition) is 1. The SMILES string of the molecule is COc1ccc(CN2C(=O)c3cc4sccc4n3C[C@]2(C)C(=O)N[C@@H]2CCCC[C@H]2C)cc1. The quantitative estimate of drug-likeness (QED) is 0.588. The third-order valence-electron chi connectivity index (χ3n) is 7.47. The van der Waals surface area contributed by atoms with Crippen LogP contribution in [0.5, 0.6) is 5.75 Å². The van der Waals surface area contributed by atoms with Crippen molar-refractivity contribution in [3.63, 3.8) is 0 Å². The lowest BCUT2D eigenvalue weighted by Gasteiger charge is -2.45. The van der Waals surface area contributed by atoms with Crippen molar-refractivity contribution in [3.8, 4) is 5.75 Å². The van der Waals surface area contributed by atoms with Crippen LogP contribution < -0.4 is 10.1 Å². The highest BCUT2D eigenvalue weighted by Gasteiger charge is 2.48. The summed E-state index contributed by atoms with van der Waals surface area (Å²) in [5.41, 5.74) is 1.66. The van der Waals surface area contributed by atoms with Crippen molar-refractivity contribution < 1.29 is 14.3 Å². The number of fused-ring (bicyclic) bond motifs is 3. The zero-order valence-corrected chi connectivity index (χ0v) is 20.3. The molecule has 0 spiro atoms. The number of rotatable bonds is 5. The van der Waals surface area contributed by atoms with Gasteiger partial charge in [0.15, 0.2) is 0 Å². The van der Waals surface area contributed by atoms with Crippen LogP contribution in [0.4, 0.5) is 0 Å². The van der Waals surface area contributed by atoms with E-state index in [-0.39, 0.29) is 17.9 Å². The number of methoxy groups -OCH3 is 1. The molecule has 1 aliphatic carbocycles. The lowest BCUT2D eigenvalue weighted by molar-refractivity contribution is -0.134. The minimum Gasteiger partial charge on any atom is -0.497 e. The van der Waals surface area contributed by atoms with E-state index >= 15 is 0 Å². The molecule has 0 unspecified atom stereocenters. The molecule has 1 saturated carbocycles. The lowest BCUT2D eigenvalue weighted by atomic mass is 9.85. The number of amides is 2. The number of ether oxygens (including phenoxy) is 1. The normalized spacial score (nSPS) is 25.2. The topological polar surface area (TPSA) is 63.6 Å². The van der Waals surface area contributed by atoms with Crippen molar-refractivity contribution in [2.24, 2.45) is 5.92 Å². The molecule has 7 heteroatoms. The summed E-state index contributed by atoms with van der Waals surface area (Å²) < 4.78 is 8.39. The molecule has 0 bridgehead atoms. The first-order valence-electron chi connectivity index (χ1n) is 11.7. The highest BCUT2D eigenvalue weighted by molar-refractivity contribution is 7.17. The summed E-state index contributed by atoms with van der Waals surface area (Å²) in [5.74, 6) is 1.05. The van der Waals surface area contributed by atoms with Crippen molar-refractivity contribution in [1.82, 2.24) is 14.8 Å². The maximum atomic E-state index is 13.9. The maximum absolute atomic E-state index is 13.9. The van der Waals surface area contributed by atoms with Gasteiger partial charge in [-0.05, 0) is 60.9 Å². The maximum Gasteiger partial charge on any atom is 0.271 e. The molecule has 174 valence electrons. The van der Waals surface area contributed by atoms with Crippen molar-refractivity contribution in [2.75, 3.05) is 7.11 Å². The second kappa shape index (κ2) is 8.52. The molecule has 6 nitrogen and oxygen atoms in total. The van der Waals surface area contributed by atoms with E-state index < -0.39 is 5.54 Å². The standard InChI is InChI=1S/C26H31N3O3S/c1-17-6-4-5-7-20(17)27-25(31)26(2)16-28-21-12-13-33-23(21)14-22(28)24(30)29(26)15-18-8-10-19(32-3)11-9-18/h8-14,17,20H,4-7,15-16H2,1-3H3,(H,27,31)/t17-,20-,26-/m1/s1. The average Bonchev–Trinajstić information content (AvgIpc) is 3.41. The van der Waals surface area contributed by atoms with Gasteiger partial charge in [0, 0.05) is 12.6 Å². The highest BCUT2D eigenvalue weighted by Crippen LogP contribution is 2.36. The van der Waals surface area contributed by atoms with Crippen molar-refractivity contribution >= 4 is 33.4 Å². The molecular formula is C26H31N3O3S. The molecular weight excluding hydrogens is 434 g/mol. The van der Waals surface area contributed by atoms with Crippen LogP contribution >= 0.6 is 11.3 Å². The van der Waals surface area contributed by atoms with Gasteiger partial charge >= 0.3 is 0 Å². The third-order valence-corrected chi connectivity index (χ3v) is 8.32. The molecule has 1 N–H and O–H groups in total. The van der Waals surface area contributed by atoms with E-state index in [2.05, 4.69) is 12.2 Å². The molecule has 1 aromatic carbocycles. The van der Waals surface area contributed by atoms with Gasteiger partial charge in [-0.3, -0.25) is 9.59 Å². The summed E-state index contributed by atoms with van der Waals surface area (Å²) >= 11 is 1.62. The summed E-state index contributed by atoms with van der Waals surface area (Å²) in [4.78, 5) is 29.4. The van der Waals surface area contributed by atoms with E-state index in [0.717, 1.165) is 40.8 Å². The first kappa shape index (κ1) is 22.0. The van der Waals surface area contributed by atoms with E-state index in [9.17, 15) is 9.59 Å². The van der Waals surface area contributed by atoms with Gasteiger partial charge in [0.1, 0.15) is 17.0 Å². The van der Waals surface area contributed by atoms with Crippen molar-refractivity contribution in [2.45, 2.75) is 64.2 Å². The Balaban J connectivity index is 1.51. The molecule has 2 aromatic heterocycles. The fourth-order valence-electron chi connectivity index (χ4n) is 5.29. The number of hydrogen-bond acceptors (Lipinski definition) is 4. The predicted molar refractivity (Wildman–Crippen MR) is 131 cm³/mol. The molecule has 3 heterocycles. The Morgan fingerprint density at radius 2 is 1.97 bits per heavy atom. The number of carbonyl (C=O) groups is 2. The van der Waals surface area contributed by atoms with Crippen LogP contribution in [0.2, 0.25) is 0 Å². The summed E-state index contributed by atoms with van der Waals surface area (Å²) in [6, 6.07) is 11.9. The fourth-order valence-corrected chi connectivity index (χ4v) is 6.11. The number of carbonyl (C=O) groups excluding carboxylic acids is 2. The van der Waals surface area contributed by atoms with Gasteiger partial charge in [-0.25, -0.2) is 0 Å². The Labute approximate surface area is 198 Å². The van der Waals surface area contributed by atoms with Gasteiger partial charge in [0.25, 0.3) is 5.91 Å². The zero-order valence-electron chi connectivity index (χ0n) is 19.5. The largest absolute Gasteiger partial charge is 0.497 e. The molecule has 2 aliphatic rings. The number of nitrogens with one attached hydrogen (secondary N) is 1. The molecule has 3 atom stereocenters. The monoisotopic (exact) mass is 465 g/mol. The molecule has 1 fully saturated rings. The Kier molecular flexibility index (Phi) is 5.69. The second-order valence-electron chi connectivity index (χ2n) is 9.64. The third kappa shape index (κ3) is 3.82. The van der Waals surface area contributed by atoms with Gasteiger partial charge in [-0.15, -0.1) is 11.3 Å². The molecule has 3 aromatic rings. The summed E-state index contributed by atoms with van der Waals surface area (Å²) in [5, 5.41) is 5.37. The van der Waals surface area contributed by atoms with Gasteiger partial charge in [0.2, 0.25) is 5.91 Å². The summed E-state index contributed by atoms with van der Waals surface area (Å²) in [6.45, 7) is 4.94. The summed E-state index contributed by atoms with van der Waals surface area (Å²) in [7, 11) is 1.64. The smallest absolute Gasteiger partial charge is 0.271 e. The Hall–Kier alpha value is -2.80. The zero-order chi connectivity index (χ0) is 23.2. The number of benzene rings is 1. The van der Waals surface area contributed by atoms with E-state index in [1.165, 1.54) is 6.42 Å². The Morgan fingerprint density at radius 1 is 1.21 bits per heavy atom. The lowest BCUT2D eigenvalue weighted by Crippen LogP contribution is -2.65. The fraction of sp³-hybridized carbons (Fsp3) is 0.462. The van der Waals surface area contributed by atoms with E-state index in [1.807, 2.05) is 53.3 Å². The van der Waals surface area contributed by atoms with Crippen LogP contribution in [0.25, 0.3) is 10.2 Å². The number of thiophene rings is 1. The molecule has 0 radical (unpaired) electrons. The number of nitrogens with zero attached hydrogens (tertiary/aromatic N) is 2. The van der Waals surface area contributed by atoms with Crippen LogP contribution in [0, 0.1) is 5.92 Å². The molecule has 1 aliphatic heterocycles. The van der Waals surface area contributed by atoms with Crippen LogP contribution in [-0.4, -0.2) is 40.0 Å². The molecule has 2 amide bonds. The highest BCUT2D eigenvalue weighted by atomic mass is 32.1. The van der Waals surface area contributed by atoms with Crippen molar-refractivity contribution in [3.05, 3.63) is 53.0 Å². The Morgan fingerprint density at radius 3 is 2.70 bits per heavy atom. The second-order valence-corrected chi connectivity index (χ2v) is 10.6. The molecule has 5 rings (SSSR count). The van der Waals surface area contributed by atoms with Crippen molar-refractivity contribution in [1.29, 1.82) is 0 Å². The van der Waals surface area contributed by atoms with Gasteiger partial charge in [-0.1, -0.05) is 31.9 Å². The summed E-state index contributed by atoms with van der Waals surface area (Å²) in [6.07, 6.45) is 4.49. The van der Waals surface area contributed by atoms with Gasteiger partial charge in [-0.2, -0.15) is 0 Å². The van der Waals surface area contributed by atoms with Gasteiger partial charge in [0.05, 0.1) is 23.9 Å². The first-order valence-corrected chi connectivity index (χ1v) is 12.6. The Bertz CT molecular complexity index is 1180. The van der Waals surface area contributed by atoms with Gasteiger partial charge < -0.3 is 19.5 Å². The number of aromatic nitrogens is 1. The molecule has 33 heavy (non-hydrogen) atoms. The van der Waals surface area contributed by atoms with E-state index in [1.54, 1.807) is 23.3 Å². The van der Waals surface area contributed by atoms with E-state index in [4.69, 9.17) is 4.74 Å². The van der Waals surface area contributed by atoms with Crippen LogP contribution in [0.15, 0.2) is 41.8 Å². The average molecular weight is 466 g/mol. The van der Waals surface area contributed by atoms with Crippen LogP contribution in [0.3, 0.4) is 0 Å². The minimum atomic E-state index is -0.991.